The van der Waals surface area contributed by atoms with Gasteiger partial charge in [0.15, 0.2) is 0 Å². The summed E-state index contributed by atoms with van der Waals surface area (Å²) >= 11 is 0. The molecule has 4 nitrogen and oxygen atoms in total. The highest BCUT2D eigenvalue weighted by Gasteiger charge is 2.34. The molecule has 0 N–H and O–H groups in total. The molecule has 0 aromatic heterocycles. The van der Waals surface area contributed by atoms with E-state index in [1.54, 1.807) is 21.3 Å². The van der Waals surface area contributed by atoms with Crippen LogP contribution >= 0.6 is 0 Å². The minimum atomic E-state index is -0.268. The Morgan fingerprint density at radius 3 is 2.24 bits per heavy atom. The fourth-order valence-electron chi connectivity index (χ4n) is 1.90. The molecule has 1 amide bonds. The second-order valence-corrected chi connectivity index (χ2v) is 5.41. The van der Waals surface area contributed by atoms with E-state index in [-0.39, 0.29) is 11.3 Å². The van der Waals surface area contributed by atoms with Crippen molar-refractivity contribution in [2.24, 2.45) is 5.41 Å². The Kier molecular flexibility index (Phi) is 7.39. The van der Waals surface area contributed by atoms with Crippen LogP contribution in [0.5, 0.6) is 0 Å². The molecule has 1 heterocycles. The molecule has 1 aliphatic rings. The average Bonchev–Trinajstić information content (AvgIpc) is 2.65. The van der Waals surface area contributed by atoms with Crippen molar-refractivity contribution in [2.75, 3.05) is 34.5 Å². The van der Waals surface area contributed by atoms with Gasteiger partial charge in [0.1, 0.15) is 0 Å². The van der Waals surface area contributed by atoms with Crippen LogP contribution in [0.4, 0.5) is 0 Å². The molecule has 17 heavy (non-hydrogen) atoms. The van der Waals surface area contributed by atoms with Gasteiger partial charge in [-0.3, -0.25) is 4.79 Å². The van der Waals surface area contributed by atoms with Gasteiger partial charge in [-0.25, -0.2) is 0 Å². The van der Waals surface area contributed by atoms with Gasteiger partial charge < -0.3 is 14.4 Å². The van der Waals surface area contributed by atoms with E-state index in [4.69, 9.17) is 4.74 Å². The topological polar surface area (TPSA) is 38.8 Å². The minimum absolute atomic E-state index is 0.247. The summed E-state index contributed by atoms with van der Waals surface area (Å²) in [7, 11) is 4.94. The van der Waals surface area contributed by atoms with Gasteiger partial charge in [-0.15, -0.1) is 0 Å². The quantitative estimate of drug-likeness (QED) is 0.746. The molecular weight excluding hydrogens is 218 g/mol. The SMILES string of the molecule is COC.COCC1CCCN1C(=O)C(C)(C)C. The summed E-state index contributed by atoms with van der Waals surface area (Å²) in [6, 6.07) is 0.298. The first-order valence-electron chi connectivity index (χ1n) is 6.08. The third-order valence-corrected chi connectivity index (χ3v) is 2.64. The zero-order chi connectivity index (χ0) is 13.5. The Morgan fingerprint density at radius 1 is 1.29 bits per heavy atom. The Balaban J connectivity index is 0.000000770. The van der Waals surface area contributed by atoms with Crippen LogP contribution in [0.3, 0.4) is 0 Å². The van der Waals surface area contributed by atoms with E-state index in [2.05, 4.69) is 4.74 Å². The van der Waals surface area contributed by atoms with Crippen molar-refractivity contribution in [3.63, 3.8) is 0 Å². The van der Waals surface area contributed by atoms with E-state index in [1.807, 2.05) is 25.7 Å². The number of methoxy groups -OCH3 is 2. The number of ether oxygens (including phenoxy) is 2. The molecule has 1 fully saturated rings. The molecule has 1 rings (SSSR count). The van der Waals surface area contributed by atoms with E-state index in [9.17, 15) is 4.79 Å². The zero-order valence-electron chi connectivity index (χ0n) is 12.1. The largest absolute Gasteiger partial charge is 0.388 e. The normalized spacial score (nSPS) is 19.9. The number of likely N-dealkylation sites (tertiary alicyclic amines) is 1. The molecule has 102 valence electrons. The lowest BCUT2D eigenvalue weighted by atomic mass is 9.94. The maximum atomic E-state index is 12.0. The molecule has 1 atom stereocenters. The highest BCUT2D eigenvalue weighted by atomic mass is 16.5. The summed E-state index contributed by atoms with van der Waals surface area (Å²) < 4.78 is 9.37. The van der Waals surface area contributed by atoms with Crippen molar-refractivity contribution < 1.29 is 14.3 Å². The van der Waals surface area contributed by atoms with E-state index in [0.717, 1.165) is 19.4 Å². The van der Waals surface area contributed by atoms with Gasteiger partial charge in [-0.05, 0) is 12.8 Å². The van der Waals surface area contributed by atoms with Crippen molar-refractivity contribution in [3.8, 4) is 0 Å². The molecule has 1 aliphatic heterocycles. The highest BCUT2D eigenvalue weighted by Crippen LogP contribution is 2.25. The second kappa shape index (κ2) is 7.67. The van der Waals surface area contributed by atoms with Gasteiger partial charge in [0.2, 0.25) is 5.91 Å². The standard InChI is InChI=1S/C11H21NO2.C2H6O/c1-11(2,3)10(13)12-7-5-6-9(12)8-14-4;1-3-2/h9H,5-8H2,1-4H3;1-2H3. The molecule has 0 radical (unpaired) electrons. The average molecular weight is 245 g/mol. The van der Waals surface area contributed by atoms with Crippen LogP contribution in [0.2, 0.25) is 0 Å². The van der Waals surface area contributed by atoms with Crippen LogP contribution in [0.15, 0.2) is 0 Å². The summed E-state index contributed by atoms with van der Waals surface area (Å²) in [6.07, 6.45) is 2.19. The van der Waals surface area contributed by atoms with Crippen LogP contribution in [-0.4, -0.2) is 51.3 Å². The van der Waals surface area contributed by atoms with Crippen molar-refractivity contribution in [1.29, 1.82) is 0 Å². The first-order valence-corrected chi connectivity index (χ1v) is 6.08. The highest BCUT2D eigenvalue weighted by molar-refractivity contribution is 5.82. The van der Waals surface area contributed by atoms with E-state index in [0.29, 0.717) is 12.6 Å². The predicted octanol–water partition coefficient (Wildman–Crippen LogP) is 1.93. The van der Waals surface area contributed by atoms with Gasteiger partial charge in [-0.1, -0.05) is 20.8 Å². The first-order chi connectivity index (χ1) is 7.88. The maximum Gasteiger partial charge on any atom is 0.228 e. The lowest BCUT2D eigenvalue weighted by Gasteiger charge is -2.30. The molecule has 0 aliphatic carbocycles. The third kappa shape index (κ3) is 5.50. The number of hydrogen-bond donors (Lipinski definition) is 0. The molecule has 4 heteroatoms. The van der Waals surface area contributed by atoms with Crippen LogP contribution in [0.25, 0.3) is 0 Å². The van der Waals surface area contributed by atoms with Crippen LogP contribution in [0, 0.1) is 5.41 Å². The molecular formula is C13H27NO3. The van der Waals surface area contributed by atoms with Crippen LogP contribution in [0.1, 0.15) is 33.6 Å². The van der Waals surface area contributed by atoms with E-state index < -0.39 is 0 Å². The van der Waals surface area contributed by atoms with Gasteiger partial charge in [0.25, 0.3) is 0 Å². The third-order valence-electron chi connectivity index (χ3n) is 2.64. The smallest absolute Gasteiger partial charge is 0.228 e. The first kappa shape index (κ1) is 16.4. The van der Waals surface area contributed by atoms with E-state index in [1.165, 1.54) is 0 Å². The van der Waals surface area contributed by atoms with E-state index >= 15 is 0 Å². The van der Waals surface area contributed by atoms with Crippen LogP contribution < -0.4 is 0 Å². The van der Waals surface area contributed by atoms with Crippen LogP contribution in [-0.2, 0) is 14.3 Å². The van der Waals surface area contributed by atoms with Gasteiger partial charge in [-0.2, -0.15) is 0 Å². The fraction of sp³-hybridized carbons (Fsp3) is 0.923. The Hall–Kier alpha value is -0.610. The summed E-state index contributed by atoms with van der Waals surface area (Å²) in [5, 5.41) is 0. The molecule has 1 unspecified atom stereocenters. The van der Waals surface area contributed by atoms with Gasteiger partial charge in [0, 0.05) is 33.3 Å². The minimum Gasteiger partial charge on any atom is -0.388 e. The maximum absolute atomic E-state index is 12.0. The van der Waals surface area contributed by atoms with Crippen molar-refractivity contribution in [2.45, 2.75) is 39.7 Å². The number of carbonyl (C=O) groups excluding carboxylic acids is 1. The summed E-state index contributed by atoms with van der Waals surface area (Å²) in [4.78, 5) is 14.0. The Labute approximate surface area is 105 Å². The second-order valence-electron chi connectivity index (χ2n) is 5.41. The number of carbonyl (C=O) groups is 1. The molecule has 0 aromatic rings. The number of hydrogen-bond acceptors (Lipinski definition) is 3. The van der Waals surface area contributed by atoms with Crippen molar-refractivity contribution in [3.05, 3.63) is 0 Å². The molecule has 0 saturated carbocycles. The Morgan fingerprint density at radius 2 is 1.82 bits per heavy atom. The van der Waals surface area contributed by atoms with Crippen molar-refractivity contribution in [1.82, 2.24) is 4.90 Å². The lowest BCUT2D eigenvalue weighted by Crippen LogP contribution is -2.44. The molecule has 1 saturated heterocycles. The summed E-state index contributed by atoms with van der Waals surface area (Å²) in [5.74, 6) is 0.247. The van der Waals surface area contributed by atoms with Crippen molar-refractivity contribution >= 4 is 5.91 Å². The summed E-state index contributed by atoms with van der Waals surface area (Å²) in [5.41, 5.74) is -0.268. The number of nitrogens with zero attached hydrogens (tertiary/aromatic N) is 1. The van der Waals surface area contributed by atoms with Gasteiger partial charge in [0.05, 0.1) is 12.6 Å². The Bertz CT molecular complexity index is 223. The molecule has 0 spiro atoms. The van der Waals surface area contributed by atoms with Gasteiger partial charge >= 0.3 is 0 Å². The molecule has 0 aromatic carbocycles. The number of rotatable bonds is 2. The predicted molar refractivity (Wildman–Crippen MR) is 69.0 cm³/mol. The summed E-state index contributed by atoms with van der Waals surface area (Å²) in [6.45, 7) is 7.47. The number of amides is 1. The monoisotopic (exact) mass is 245 g/mol. The molecule has 0 bridgehead atoms. The lowest BCUT2D eigenvalue weighted by molar-refractivity contribution is -0.141. The zero-order valence-corrected chi connectivity index (χ0v) is 12.1. The fourth-order valence-corrected chi connectivity index (χ4v) is 1.90.